The summed E-state index contributed by atoms with van der Waals surface area (Å²) in [5.74, 6) is -1.18. The second-order valence-electron chi connectivity index (χ2n) is 8.68. The normalized spacial score (nSPS) is 29.1. The largest absolute Gasteiger partial charge is 0.497 e. The van der Waals surface area contributed by atoms with Crippen LogP contribution in [0.2, 0.25) is 0 Å². The molecular formula is C23H28FNO5. The Balaban J connectivity index is 1.72. The molecule has 4 rings (SSSR count). The zero-order valence-corrected chi connectivity index (χ0v) is 17.7. The van der Waals surface area contributed by atoms with Gasteiger partial charge in [0.25, 0.3) is 0 Å². The molecule has 0 N–H and O–H groups in total. The molecule has 1 aromatic carbocycles. The predicted octanol–water partition coefficient (Wildman–Crippen LogP) is 3.50. The Morgan fingerprint density at radius 3 is 2.40 bits per heavy atom. The van der Waals surface area contributed by atoms with Crippen molar-refractivity contribution in [3.63, 3.8) is 0 Å². The van der Waals surface area contributed by atoms with Gasteiger partial charge < -0.3 is 14.4 Å². The van der Waals surface area contributed by atoms with Crippen molar-refractivity contribution in [3.05, 3.63) is 18.2 Å². The molecule has 7 heteroatoms. The summed E-state index contributed by atoms with van der Waals surface area (Å²) in [7, 11) is 3.01. The average molecular weight is 417 g/mol. The molecule has 1 heterocycles. The van der Waals surface area contributed by atoms with E-state index in [4.69, 9.17) is 9.47 Å². The zero-order chi connectivity index (χ0) is 21.6. The van der Waals surface area contributed by atoms with E-state index in [0.717, 1.165) is 19.3 Å². The predicted molar refractivity (Wildman–Crippen MR) is 109 cm³/mol. The Bertz CT molecular complexity index is 876. The maximum atomic E-state index is 14.5. The van der Waals surface area contributed by atoms with Gasteiger partial charge in [0.1, 0.15) is 23.5 Å². The summed E-state index contributed by atoms with van der Waals surface area (Å²) < 4.78 is 25.1. The summed E-state index contributed by atoms with van der Waals surface area (Å²) in [6, 6.07) is 4.34. The number of benzene rings is 1. The number of amides is 1. The lowest BCUT2D eigenvalue weighted by molar-refractivity contribution is -0.140. The van der Waals surface area contributed by atoms with Crippen molar-refractivity contribution in [2.24, 2.45) is 17.3 Å². The van der Waals surface area contributed by atoms with E-state index < -0.39 is 29.5 Å². The molecule has 0 radical (unpaired) electrons. The van der Waals surface area contributed by atoms with Crippen molar-refractivity contribution in [2.75, 3.05) is 19.1 Å². The van der Waals surface area contributed by atoms with Crippen molar-refractivity contribution in [2.45, 2.75) is 57.7 Å². The molecule has 2 saturated carbocycles. The van der Waals surface area contributed by atoms with Gasteiger partial charge in [-0.15, -0.1) is 0 Å². The summed E-state index contributed by atoms with van der Waals surface area (Å²) in [6.07, 6.45) is 2.55. The van der Waals surface area contributed by atoms with Gasteiger partial charge in [0.2, 0.25) is 5.91 Å². The lowest BCUT2D eigenvalue weighted by Gasteiger charge is -2.50. The minimum Gasteiger partial charge on any atom is -0.497 e. The molecule has 30 heavy (non-hydrogen) atoms. The fourth-order valence-corrected chi connectivity index (χ4v) is 5.63. The second kappa shape index (κ2) is 7.67. The number of hydrogen-bond acceptors (Lipinski definition) is 5. The van der Waals surface area contributed by atoms with Crippen LogP contribution in [0.5, 0.6) is 11.5 Å². The summed E-state index contributed by atoms with van der Waals surface area (Å²) in [5, 5.41) is 0. The number of anilines is 1. The molecule has 0 aromatic heterocycles. The number of halogens is 1. The molecule has 6 nitrogen and oxygen atoms in total. The Morgan fingerprint density at radius 2 is 1.80 bits per heavy atom. The minimum absolute atomic E-state index is 0.0385. The van der Waals surface area contributed by atoms with Gasteiger partial charge in [-0.25, -0.2) is 4.39 Å². The molecule has 1 amide bonds. The van der Waals surface area contributed by atoms with Crippen molar-refractivity contribution >= 4 is 23.2 Å². The molecule has 3 fully saturated rings. The van der Waals surface area contributed by atoms with Gasteiger partial charge in [0.15, 0.2) is 5.78 Å². The Morgan fingerprint density at radius 1 is 1.10 bits per heavy atom. The van der Waals surface area contributed by atoms with E-state index in [0.29, 0.717) is 30.0 Å². The maximum Gasteiger partial charge on any atom is 0.235 e. The molecule has 1 aliphatic heterocycles. The first-order valence-electron chi connectivity index (χ1n) is 10.6. The number of rotatable bonds is 5. The Kier molecular flexibility index (Phi) is 5.32. The van der Waals surface area contributed by atoms with Crippen LogP contribution >= 0.6 is 0 Å². The number of hydrogen-bond donors (Lipinski definition) is 0. The van der Waals surface area contributed by atoms with Gasteiger partial charge in [-0.05, 0) is 31.9 Å². The standard InChI is InChI=1S/C23H28FNO5/c1-13(24)19-20(15-12-18(26)23(21(15)27)9-5-4-6-10-23)25(22(19)28)16-8-7-14(29-2)11-17(16)30-3/h7-8,11,13,15,19-20H,4-6,9-10,12H2,1-3H3/t13-,15+,19?,20?/m1/s1. The number of β-lactam (4-membered cyclic amide) rings is 1. The van der Waals surface area contributed by atoms with Crippen LogP contribution in [0.1, 0.15) is 45.4 Å². The van der Waals surface area contributed by atoms with Crippen molar-refractivity contribution in [3.8, 4) is 11.5 Å². The fraction of sp³-hybridized carbons (Fsp3) is 0.609. The van der Waals surface area contributed by atoms with Gasteiger partial charge >= 0.3 is 0 Å². The highest BCUT2D eigenvalue weighted by atomic mass is 19.1. The third-order valence-electron chi connectivity index (χ3n) is 7.20. The molecule has 4 atom stereocenters. The van der Waals surface area contributed by atoms with Gasteiger partial charge in [-0.2, -0.15) is 0 Å². The number of ketones is 2. The molecule has 162 valence electrons. The van der Waals surface area contributed by atoms with Crippen molar-refractivity contribution in [1.82, 2.24) is 0 Å². The van der Waals surface area contributed by atoms with E-state index in [-0.39, 0.29) is 23.9 Å². The highest BCUT2D eigenvalue weighted by Gasteiger charge is 2.63. The number of ether oxygens (including phenoxy) is 2. The highest BCUT2D eigenvalue weighted by molar-refractivity contribution is 6.16. The van der Waals surface area contributed by atoms with Crippen LogP contribution < -0.4 is 14.4 Å². The number of carbonyl (C=O) groups excluding carboxylic acids is 3. The van der Waals surface area contributed by atoms with Crippen molar-refractivity contribution in [1.29, 1.82) is 0 Å². The van der Waals surface area contributed by atoms with E-state index in [1.165, 1.54) is 26.0 Å². The first-order valence-corrected chi connectivity index (χ1v) is 10.6. The molecule has 0 bridgehead atoms. The number of methoxy groups -OCH3 is 2. The summed E-state index contributed by atoms with van der Waals surface area (Å²) in [4.78, 5) is 40.9. The number of carbonyl (C=O) groups is 3. The van der Waals surface area contributed by atoms with Crippen LogP contribution in [0.4, 0.5) is 10.1 Å². The molecule has 1 spiro atoms. The first-order chi connectivity index (χ1) is 14.4. The van der Waals surface area contributed by atoms with E-state index >= 15 is 0 Å². The minimum atomic E-state index is -1.41. The fourth-order valence-electron chi connectivity index (χ4n) is 5.63. The lowest BCUT2D eigenvalue weighted by atomic mass is 9.68. The van der Waals surface area contributed by atoms with Gasteiger partial charge in [-0.3, -0.25) is 14.4 Å². The summed E-state index contributed by atoms with van der Waals surface area (Å²) in [6.45, 7) is 1.34. The molecular weight excluding hydrogens is 389 g/mol. The lowest BCUT2D eigenvalue weighted by Crippen LogP contribution is -2.67. The number of nitrogens with zero attached hydrogens (tertiary/aromatic N) is 1. The number of alkyl halides is 1. The summed E-state index contributed by atoms with van der Waals surface area (Å²) >= 11 is 0. The molecule has 1 aromatic rings. The Labute approximate surface area is 175 Å². The van der Waals surface area contributed by atoms with Crippen LogP contribution in [0.3, 0.4) is 0 Å². The third kappa shape index (κ3) is 2.93. The molecule has 3 aliphatic rings. The van der Waals surface area contributed by atoms with Crippen LogP contribution in [0.25, 0.3) is 0 Å². The van der Waals surface area contributed by atoms with Crippen molar-refractivity contribution < 1.29 is 28.2 Å². The van der Waals surface area contributed by atoms with E-state index in [1.807, 2.05) is 0 Å². The first kappa shape index (κ1) is 20.8. The van der Waals surface area contributed by atoms with Crippen LogP contribution in [0, 0.1) is 17.3 Å². The molecule has 1 saturated heterocycles. The second-order valence-corrected chi connectivity index (χ2v) is 8.68. The number of Topliss-reactive ketones (excluding diaryl/α,β-unsaturated/α-hetero) is 2. The van der Waals surface area contributed by atoms with Gasteiger partial charge in [0, 0.05) is 18.4 Å². The van der Waals surface area contributed by atoms with E-state index in [1.54, 1.807) is 18.2 Å². The van der Waals surface area contributed by atoms with Crippen LogP contribution in [-0.2, 0) is 14.4 Å². The zero-order valence-electron chi connectivity index (χ0n) is 17.7. The monoisotopic (exact) mass is 417 g/mol. The van der Waals surface area contributed by atoms with Gasteiger partial charge in [0.05, 0.1) is 37.3 Å². The van der Waals surface area contributed by atoms with Gasteiger partial charge in [-0.1, -0.05) is 19.3 Å². The smallest absolute Gasteiger partial charge is 0.235 e. The summed E-state index contributed by atoms with van der Waals surface area (Å²) in [5.41, 5.74) is -0.462. The van der Waals surface area contributed by atoms with E-state index in [2.05, 4.69) is 0 Å². The molecule has 2 aliphatic carbocycles. The quantitative estimate of drug-likeness (QED) is 0.542. The topological polar surface area (TPSA) is 72.9 Å². The average Bonchev–Trinajstić information content (AvgIpc) is 2.96. The highest BCUT2D eigenvalue weighted by Crippen LogP contribution is 2.52. The van der Waals surface area contributed by atoms with Crippen LogP contribution in [0.15, 0.2) is 18.2 Å². The molecule has 2 unspecified atom stereocenters. The SMILES string of the molecule is COc1ccc(N2C(=O)C([C@@H](C)F)C2[C@@H]2CC(=O)C3(CCCCC3)C2=O)c(OC)c1. The van der Waals surface area contributed by atoms with Crippen LogP contribution in [-0.4, -0.2) is 43.9 Å². The third-order valence-corrected chi connectivity index (χ3v) is 7.20. The Hall–Kier alpha value is -2.44. The maximum absolute atomic E-state index is 14.5. The van der Waals surface area contributed by atoms with E-state index in [9.17, 15) is 18.8 Å².